The lowest BCUT2D eigenvalue weighted by atomic mass is 9.98. The molecule has 1 heterocycles. The zero-order valence-corrected chi connectivity index (χ0v) is 32.1. The van der Waals surface area contributed by atoms with E-state index in [0.29, 0.717) is 0 Å². The van der Waals surface area contributed by atoms with Crippen molar-refractivity contribution in [1.29, 1.82) is 0 Å². The van der Waals surface area contributed by atoms with Crippen molar-refractivity contribution in [3.63, 3.8) is 0 Å². The van der Waals surface area contributed by atoms with Crippen LogP contribution in [0.1, 0.15) is 17.7 Å². The molecule has 1 aromatic heterocycles. The summed E-state index contributed by atoms with van der Waals surface area (Å²) >= 11 is 0. The Labute approximate surface area is 339 Å². The predicted molar refractivity (Wildman–Crippen MR) is 247 cm³/mol. The maximum atomic E-state index is 2.49. The highest BCUT2D eigenvalue weighted by Crippen LogP contribution is 2.41. The summed E-state index contributed by atoms with van der Waals surface area (Å²) in [7, 11) is 0. The zero-order chi connectivity index (χ0) is 38.4. The number of allylic oxidation sites excluding steroid dienone is 1. The first-order valence-corrected chi connectivity index (χ1v) is 20.2. The molecular formula is C56H40N2. The molecule has 0 atom stereocenters. The van der Waals surface area contributed by atoms with E-state index in [-0.39, 0.29) is 0 Å². The summed E-state index contributed by atoms with van der Waals surface area (Å²) in [6.45, 7) is 0. The molecule has 0 fully saturated rings. The number of rotatable bonds is 7. The summed E-state index contributed by atoms with van der Waals surface area (Å²) in [6, 6.07) is 75.2. The van der Waals surface area contributed by atoms with Crippen molar-refractivity contribution in [2.75, 3.05) is 4.90 Å². The second-order valence-corrected chi connectivity index (χ2v) is 15.3. The largest absolute Gasteiger partial charge is 0.313 e. The molecule has 0 unspecified atom stereocenters. The van der Waals surface area contributed by atoms with Crippen LogP contribution < -0.4 is 4.90 Å². The average Bonchev–Trinajstić information content (AvgIpc) is 3.65. The smallest absolute Gasteiger partial charge is 0.0544 e. The number of benzene rings is 9. The highest BCUT2D eigenvalue weighted by molar-refractivity contribution is 6.12. The van der Waals surface area contributed by atoms with E-state index in [9.17, 15) is 0 Å². The molecule has 0 amide bonds. The third-order valence-electron chi connectivity index (χ3n) is 11.8. The molecule has 0 bridgehead atoms. The van der Waals surface area contributed by atoms with Crippen LogP contribution in [0.5, 0.6) is 0 Å². The van der Waals surface area contributed by atoms with Crippen LogP contribution in [-0.4, -0.2) is 4.57 Å². The van der Waals surface area contributed by atoms with Crippen LogP contribution in [0.4, 0.5) is 17.1 Å². The molecule has 11 rings (SSSR count). The number of anilines is 3. The van der Waals surface area contributed by atoms with Crippen molar-refractivity contribution in [3.05, 3.63) is 224 Å². The van der Waals surface area contributed by atoms with Crippen LogP contribution in [0.25, 0.3) is 77.6 Å². The molecule has 10 aromatic rings. The van der Waals surface area contributed by atoms with Crippen molar-refractivity contribution in [2.24, 2.45) is 0 Å². The van der Waals surface area contributed by atoms with E-state index in [1.165, 1.54) is 82.8 Å². The number of nitrogens with zero attached hydrogens (tertiary/aromatic N) is 2. The minimum atomic E-state index is 1.04. The SMILES string of the molecule is C1=Cc2c(n(-c3ccc(-c4ccc(N(c5ccc(-c6ccc7ccccc7c6)cc5)c5cccc(-c6ccccc6)c5)cc4)cc3)c3ccc4ccccc4c23)CC1. The van der Waals surface area contributed by atoms with Crippen LogP contribution in [0, 0.1) is 0 Å². The van der Waals surface area contributed by atoms with E-state index >= 15 is 0 Å². The van der Waals surface area contributed by atoms with Gasteiger partial charge in [0.2, 0.25) is 0 Å². The molecule has 0 radical (unpaired) electrons. The molecule has 0 saturated carbocycles. The van der Waals surface area contributed by atoms with Crippen LogP contribution in [0.3, 0.4) is 0 Å². The lowest BCUT2D eigenvalue weighted by Gasteiger charge is -2.26. The van der Waals surface area contributed by atoms with Gasteiger partial charge in [-0.1, -0.05) is 158 Å². The Hall–Kier alpha value is -7.42. The van der Waals surface area contributed by atoms with Gasteiger partial charge in [0.05, 0.1) is 5.52 Å². The quantitative estimate of drug-likeness (QED) is 0.158. The second-order valence-electron chi connectivity index (χ2n) is 15.3. The van der Waals surface area contributed by atoms with Crippen molar-refractivity contribution in [2.45, 2.75) is 12.8 Å². The van der Waals surface area contributed by atoms with E-state index in [0.717, 1.165) is 29.9 Å². The van der Waals surface area contributed by atoms with Gasteiger partial charge in [0.15, 0.2) is 0 Å². The van der Waals surface area contributed by atoms with Crippen molar-refractivity contribution in [1.82, 2.24) is 4.57 Å². The van der Waals surface area contributed by atoms with Crippen molar-refractivity contribution in [3.8, 4) is 39.1 Å². The lowest BCUT2D eigenvalue weighted by Crippen LogP contribution is -2.10. The average molecular weight is 741 g/mol. The van der Waals surface area contributed by atoms with E-state index in [4.69, 9.17) is 0 Å². The molecule has 0 spiro atoms. The number of aromatic nitrogens is 1. The van der Waals surface area contributed by atoms with Gasteiger partial charge in [-0.05, 0) is 128 Å². The summed E-state index contributed by atoms with van der Waals surface area (Å²) in [5, 5.41) is 6.46. The van der Waals surface area contributed by atoms with Crippen molar-refractivity contribution < 1.29 is 0 Å². The maximum Gasteiger partial charge on any atom is 0.0544 e. The zero-order valence-electron chi connectivity index (χ0n) is 32.1. The Bertz CT molecular complexity index is 3130. The van der Waals surface area contributed by atoms with Crippen LogP contribution in [0.15, 0.2) is 212 Å². The molecule has 2 nitrogen and oxygen atoms in total. The molecule has 1 aliphatic carbocycles. The van der Waals surface area contributed by atoms with E-state index in [1.54, 1.807) is 0 Å². The van der Waals surface area contributed by atoms with Crippen molar-refractivity contribution >= 4 is 55.6 Å². The van der Waals surface area contributed by atoms with Gasteiger partial charge in [-0.15, -0.1) is 0 Å². The summed E-state index contributed by atoms with van der Waals surface area (Å²) in [5.41, 5.74) is 15.7. The molecule has 0 N–H and O–H groups in total. The minimum absolute atomic E-state index is 1.04. The molecule has 58 heavy (non-hydrogen) atoms. The van der Waals surface area contributed by atoms with Gasteiger partial charge >= 0.3 is 0 Å². The fourth-order valence-corrected chi connectivity index (χ4v) is 8.96. The number of fused-ring (bicyclic) bond motifs is 6. The summed E-state index contributed by atoms with van der Waals surface area (Å²) in [6.07, 6.45) is 6.76. The fourth-order valence-electron chi connectivity index (χ4n) is 8.96. The highest BCUT2D eigenvalue weighted by Gasteiger charge is 2.21. The Balaban J connectivity index is 0.946. The molecule has 2 heteroatoms. The first-order chi connectivity index (χ1) is 28.7. The topological polar surface area (TPSA) is 8.17 Å². The Morgan fingerprint density at radius 2 is 0.966 bits per heavy atom. The predicted octanol–water partition coefficient (Wildman–Crippen LogP) is 15.4. The maximum absolute atomic E-state index is 2.49. The van der Waals surface area contributed by atoms with Crippen LogP contribution >= 0.6 is 0 Å². The van der Waals surface area contributed by atoms with Gasteiger partial charge in [0.1, 0.15) is 0 Å². The van der Waals surface area contributed by atoms with E-state index in [2.05, 4.69) is 228 Å². The standard InChI is InChI=1S/C56H40N2/c1-2-11-39(12-3-1)46-16-10-17-51(38-46)57(49-32-27-43(28-33-49)47-22-21-40-13-4-5-15-45(40)37-47)48-30-23-41(24-31-48)42-25-34-50(35-26-42)58-54-20-9-8-19-53(54)56-52-18-7-6-14-44(52)29-36-55(56)58/h1-8,10-19,21-38H,9,20H2. The molecule has 1 aliphatic rings. The van der Waals surface area contributed by atoms with Gasteiger partial charge in [0, 0.05) is 39.4 Å². The van der Waals surface area contributed by atoms with Gasteiger partial charge in [0.25, 0.3) is 0 Å². The molecular weight excluding hydrogens is 701 g/mol. The second kappa shape index (κ2) is 14.3. The summed E-state index contributed by atoms with van der Waals surface area (Å²) in [4.78, 5) is 2.36. The summed E-state index contributed by atoms with van der Waals surface area (Å²) < 4.78 is 2.49. The molecule has 274 valence electrons. The van der Waals surface area contributed by atoms with E-state index < -0.39 is 0 Å². The highest BCUT2D eigenvalue weighted by atomic mass is 15.1. The summed E-state index contributed by atoms with van der Waals surface area (Å²) in [5.74, 6) is 0. The Morgan fingerprint density at radius 3 is 1.72 bits per heavy atom. The monoisotopic (exact) mass is 740 g/mol. The number of hydrogen-bond donors (Lipinski definition) is 0. The minimum Gasteiger partial charge on any atom is -0.313 e. The Kier molecular flexibility index (Phi) is 8.33. The normalized spacial score (nSPS) is 12.3. The first kappa shape index (κ1) is 33.9. The van der Waals surface area contributed by atoms with E-state index in [1.807, 2.05) is 0 Å². The van der Waals surface area contributed by atoms with Gasteiger partial charge in [-0.25, -0.2) is 0 Å². The van der Waals surface area contributed by atoms with Gasteiger partial charge in [-0.3, -0.25) is 0 Å². The molecule has 0 saturated heterocycles. The first-order valence-electron chi connectivity index (χ1n) is 20.2. The lowest BCUT2D eigenvalue weighted by molar-refractivity contribution is 0.888. The van der Waals surface area contributed by atoms with Crippen LogP contribution in [0.2, 0.25) is 0 Å². The van der Waals surface area contributed by atoms with Gasteiger partial charge in [-0.2, -0.15) is 0 Å². The molecule has 0 aliphatic heterocycles. The fraction of sp³-hybridized carbons (Fsp3) is 0.0357. The third-order valence-corrected chi connectivity index (χ3v) is 11.8. The van der Waals surface area contributed by atoms with Crippen LogP contribution in [-0.2, 0) is 6.42 Å². The van der Waals surface area contributed by atoms with Gasteiger partial charge < -0.3 is 9.47 Å². The molecule has 9 aromatic carbocycles. The third kappa shape index (κ3) is 5.98. The Morgan fingerprint density at radius 1 is 0.397 bits per heavy atom. The number of hydrogen-bond acceptors (Lipinski definition) is 1.